The Labute approximate surface area is 164 Å². The van der Waals surface area contributed by atoms with E-state index >= 15 is 0 Å². The molecule has 0 bridgehead atoms. The van der Waals surface area contributed by atoms with Gasteiger partial charge >= 0.3 is 0 Å². The van der Waals surface area contributed by atoms with Crippen molar-refractivity contribution in [2.45, 2.75) is 105 Å². The summed E-state index contributed by atoms with van der Waals surface area (Å²) in [6, 6.07) is 0. The average Bonchev–Trinajstić information content (AvgIpc) is 2.70. The van der Waals surface area contributed by atoms with Crippen LogP contribution in [0.2, 0.25) is 0 Å². The number of rotatable bonds is 4. The molecule has 0 heterocycles. The molecule has 3 aliphatic carbocycles. The summed E-state index contributed by atoms with van der Waals surface area (Å²) < 4.78 is 0. The first-order valence-electron chi connectivity index (χ1n) is 12.1. The second kappa shape index (κ2) is 12.0. The van der Waals surface area contributed by atoms with Gasteiger partial charge in [0.15, 0.2) is 0 Å². The molecular weight excluding hydrogens is 312 g/mol. The molecule has 0 atom stereocenters. The van der Waals surface area contributed by atoms with E-state index in [1.807, 2.05) is 13.8 Å². The van der Waals surface area contributed by atoms with E-state index in [-0.39, 0.29) is 0 Å². The summed E-state index contributed by atoms with van der Waals surface area (Å²) in [4.78, 5) is 0. The van der Waals surface area contributed by atoms with Crippen LogP contribution in [0.4, 0.5) is 0 Å². The third-order valence-corrected chi connectivity index (χ3v) is 7.48. The van der Waals surface area contributed by atoms with Crippen LogP contribution >= 0.6 is 0 Å². The SMILES string of the molecule is C/C=C/C1CCC(/C=C/C2CCC(C3CCC(C)CC3)CC2)CC1.CC. The normalized spacial score (nSPS) is 38.9. The minimum absolute atomic E-state index is 0.869. The van der Waals surface area contributed by atoms with Gasteiger partial charge in [0, 0.05) is 0 Å². The fourth-order valence-electron chi connectivity index (χ4n) is 5.68. The molecule has 150 valence electrons. The summed E-state index contributed by atoms with van der Waals surface area (Å²) in [6.45, 7) is 8.61. The Kier molecular flexibility index (Phi) is 10.1. The highest BCUT2D eigenvalue weighted by atomic mass is 14.3. The van der Waals surface area contributed by atoms with Crippen molar-refractivity contribution < 1.29 is 0 Å². The lowest BCUT2D eigenvalue weighted by Gasteiger charge is -2.36. The topological polar surface area (TPSA) is 0 Å². The average molecular weight is 359 g/mol. The molecule has 0 aromatic carbocycles. The van der Waals surface area contributed by atoms with E-state index in [9.17, 15) is 0 Å². The van der Waals surface area contributed by atoms with Gasteiger partial charge in [-0.3, -0.25) is 0 Å². The van der Waals surface area contributed by atoms with Gasteiger partial charge in [0.2, 0.25) is 0 Å². The molecule has 3 saturated carbocycles. The predicted molar refractivity (Wildman–Crippen MR) is 117 cm³/mol. The Hall–Kier alpha value is -0.520. The lowest BCUT2D eigenvalue weighted by molar-refractivity contribution is 0.160. The quantitative estimate of drug-likeness (QED) is 0.441. The van der Waals surface area contributed by atoms with E-state index in [0.717, 1.165) is 35.5 Å². The van der Waals surface area contributed by atoms with Gasteiger partial charge in [0.25, 0.3) is 0 Å². The zero-order valence-corrected chi connectivity index (χ0v) is 18.3. The van der Waals surface area contributed by atoms with E-state index in [2.05, 4.69) is 38.2 Å². The fraction of sp³-hybridized carbons (Fsp3) is 0.846. The van der Waals surface area contributed by atoms with E-state index in [1.54, 1.807) is 0 Å². The number of hydrogen-bond acceptors (Lipinski definition) is 0. The molecule has 3 rings (SSSR count). The van der Waals surface area contributed by atoms with Crippen LogP contribution in [0.3, 0.4) is 0 Å². The van der Waals surface area contributed by atoms with E-state index in [1.165, 1.54) is 77.0 Å². The van der Waals surface area contributed by atoms with Crippen LogP contribution in [0, 0.1) is 35.5 Å². The summed E-state index contributed by atoms with van der Waals surface area (Å²) in [5, 5.41) is 0. The van der Waals surface area contributed by atoms with Gasteiger partial charge in [-0.05, 0) is 107 Å². The Balaban J connectivity index is 0.00000117. The van der Waals surface area contributed by atoms with Gasteiger partial charge in [-0.15, -0.1) is 0 Å². The number of hydrogen-bond donors (Lipinski definition) is 0. The van der Waals surface area contributed by atoms with Crippen molar-refractivity contribution in [2.24, 2.45) is 35.5 Å². The smallest absolute Gasteiger partial charge is 0.0233 e. The van der Waals surface area contributed by atoms with E-state index in [0.29, 0.717) is 0 Å². The Morgan fingerprint density at radius 1 is 0.500 bits per heavy atom. The zero-order valence-electron chi connectivity index (χ0n) is 18.3. The van der Waals surface area contributed by atoms with Crippen LogP contribution in [0.1, 0.15) is 105 Å². The Morgan fingerprint density at radius 2 is 0.846 bits per heavy atom. The lowest BCUT2D eigenvalue weighted by Crippen LogP contribution is -2.24. The molecule has 0 heteroatoms. The maximum Gasteiger partial charge on any atom is -0.0233 e. The van der Waals surface area contributed by atoms with Gasteiger partial charge < -0.3 is 0 Å². The van der Waals surface area contributed by atoms with E-state index in [4.69, 9.17) is 0 Å². The zero-order chi connectivity index (χ0) is 18.8. The Bertz CT molecular complexity index is 394. The molecule has 0 aromatic heterocycles. The summed E-state index contributed by atoms with van der Waals surface area (Å²) in [5.74, 6) is 5.80. The van der Waals surface area contributed by atoms with Crippen molar-refractivity contribution in [3.63, 3.8) is 0 Å². The van der Waals surface area contributed by atoms with E-state index < -0.39 is 0 Å². The Morgan fingerprint density at radius 3 is 1.27 bits per heavy atom. The third-order valence-electron chi connectivity index (χ3n) is 7.48. The highest BCUT2D eigenvalue weighted by Crippen LogP contribution is 2.41. The molecule has 26 heavy (non-hydrogen) atoms. The highest BCUT2D eigenvalue weighted by Gasteiger charge is 2.29. The monoisotopic (exact) mass is 358 g/mol. The third kappa shape index (κ3) is 6.90. The summed E-state index contributed by atoms with van der Waals surface area (Å²) in [7, 11) is 0. The molecule has 0 aliphatic heterocycles. The summed E-state index contributed by atoms with van der Waals surface area (Å²) >= 11 is 0. The number of allylic oxidation sites excluding steroid dienone is 4. The van der Waals surface area contributed by atoms with Crippen molar-refractivity contribution in [3.8, 4) is 0 Å². The van der Waals surface area contributed by atoms with Crippen molar-refractivity contribution in [2.75, 3.05) is 0 Å². The van der Waals surface area contributed by atoms with Gasteiger partial charge in [0.1, 0.15) is 0 Å². The van der Waals surface area contributed by atoms with Gasteiger partial charge in [-0.1, -0.05) is 57.9 Å². The van der Waals surface area contributed by atoms with Crippen molar-refractivity contribution in [1.82, 2.24) is 0 Å². The van der Waals surface area contributed by atoms with Crippen LogP contribution in [0.5, 0.6) is 0 Å². The van der Waals surface area contributed by atoms with Gasteiger partial charge in [0.05, 0.1) is 0 Å². The van der Waals surface area contributed by atoms with Crippen LogP contribution in [-0.2, 0) is 0 Å². The van der Waals surface area contributed by atoms with Crippen molar-refractivity contribution in [1.29, 1.82) is 0 Å². The second-order valence-corrected chi connectivity index (χ2v) is 9.28. The van der Waals surface area contributed by atoms with Crippen molar-refractivity contribution in [3.05, 3.63) is 24.3 Å². The molecule has 0 unspecified atom stereocenters. The highest BCUT2D eigenvalue weighted by molar-refractivity contribution is 4.98. The van der Waals surface area contributed by atoms with Crippen LogP contribution in [0.15, 0.2) is 24.3 Å². The minimum Gasteiger partial charge on any atom is -0.0914 e. The standard InChI is InChI=1S/C24H40.C2H6/c1-3-4-20-7-9-21(10-8-20)11-12-22-13-17-24(18-14-22)23-15-5-19(2)6-16-23;1-2/h3-4,11-12,19-24H,5-10,13-18H2,1-2H3;1-2H3/b4-3+,12-11+;. The molecule has 3 aliphatic rings. The van der Waals surface area contributed by atoms with Gasteiger partial charge in [-0.2, -0.15) is 0 Å². The minimum atomic E-state index is 0.869. The largest absolute Gasteiger partial charge is 0.0914 e. The maximum atomic E-state index is 2.62. The maximum absolute atomic E-state index is 2.62. The molecule has 0 nitrogen and oxygen atoms in total. The molecule has 0 spiro atoms. The second-order valence-electron chi connectivity index (χ2n) is 9.28. The van der Waals surface area contributed by atoms with Crippen molar-refractivity contribution >= 4 is 0 Å². The first kappa shape index (κ1) is 21.8. The van der Waals surface area contributed by atoms with Crippen LogP contribution in [-0.4, -0.2) is 0 Å². The molecule has 0 saturated heterocycles. The first-order chi connectivity index (χ1) is 12.7. The molecule has 3 fully saturated rings. The summed E-state index contributed by atoms with van der Waals surface area (Å²) in [6.07, 6.45) is 27.6. The fourth-order valence-corrected chi connectivity index (χ4v) is 5.68. The lowest BCUT2D eigenvalue weighted by atomic mass is 9.69. The summed E-state index contributed by atoms with van der Waals surface area (Å²) in [5.41, 5.74) is 0. The van der Waals surface area contributed by atoms with Crippen LogP contribution in [0.25, 0.3) is 0 Å². The molecule has 0 N–H and O–H groups in total. The molecule has 0 amide bonds. The molecule has 0 radical (unpaired) electrons. The predicted octanol–water partition coefficient (Wildman–Crippen LogP) is 8.58. The molecule has 0 aromatic rings. The van der Waals surface area contributed by atoms with Gasteiger partial charge in [-0.25, -0.2) is 0 Å². The van der Waals surface area contributed by atoms with Crippen LogP contribution < -0.4 is 0 Å². The first-order valence-corrected chi connectivity index (χ1v) is 12.1. The molecular formula is C26H46.